The number of hydrogen-bond acceptors (Lipinski definition) is 4. The predicted molar refractivity (Wildman–Crippen MR) is 107 cm³/mol. The van der Waals surface area contributed by atoms with E-state index in [0.717, 1.165) is 36.3 Å². The van der Waals surface area contributed by atoms with Crippen LogP contribution in [-0.4, -0.2) is 53.2 Å². The van der Waals surface area contributed by atoms with Crippen molar-refractivity contribution in [2.45, 2.75) is 45.8 Å². The summed E-state index contributed by atoms with van der Waals surface area (Å²) < 4.78 is 32.4. The number of aryl methyl sites for hydroxylation is 4. The number of piperazine rings is 1. The molecule has 0 bridgehead atoms. The highest BCUT2D eigenvalue weighted by Gasteiger charge is 2.32. The molecule has 2 aromatic rings. The Morgan fingerprint density at radius 1 is 1.15 bits per heavy atom. The van der Waals surface area contributed by atoms with E-state index in [2.05, 4.69) is 5.10 Å². The van der Waals surface area contributed by atoms with E-state index in [1.54, 1.807) is 10.6 Å². The van der Waals surface area contributed by atoms with Crippen molar-refractivity contribution in [1.29, 1.82) is 0 Å². The maximum absolute atomic E-state index is 13.2. The lowest BCUT2D eigenvalue weighted by Gasteiger charge is -2.32. The molecule has 1 N–H and O–H groups in total. The molecule has 0 aliphatic carbocycles. The topological polar surface area (TPSA) is 64.6 Å². The van der Waals surface area contributed by atoms with E-state index in [-0.39, 0.29) is 0 Å². The van der Waals surface area contributed by atoms with Crippen molar-refractivity contribution >= 4 is 22.2 Å². The summed E-state index contributed by atoms with van der Waals surface area (Å²) in [5.41, 5.74) is 2.72. The van der Waals surface area contributed by atoms with Gasteiger partial charge in [0.1, 0.15) is 6.33 Å². The molecule has 0 spiro atoms. The third-order valence-electron chi connectivity index (χ3n) is 5.14. The maximum atomic E-state index is 13.2. The normalized spacial score (nSPS) is 16.7. The van der Waals surface area contributed by atoms with Gasteiger partial charge < -0.3 is 9.47 Å². The minimum absolute atomic E-state index is 0.459. The van der Waals surface area contributed by atoms with Gasteiger partial charge in [0.25, 0.3) is 0 Å². The van der Waals surface area contributed by atoms with E-state index in [1.807, 2.05) is 49.1 Å². The van der Waals surface area contributed by atoms with Crippen LogP contribution in [0.3, 0.4) is 0 Å². The van der Waals surface area contributed by atoms with Crippen molar-refractivity contribution < 1.29 is 13.3 Å². The van der Waals surface area contributed by atoms with Gasteiger partial charge in [-0.25, -0.2) is 8.42 Å². The molecule has 1 aliphatic heterocycles. The van der Waals surface area contributed by atoms with Gasteiger partial charge in [-0.15, -0.1) is 0 Å². The molecule has 0 radical (unpaired) electrons. The summed E-state index contributed by atoms with van der Waals surface area (Å²) in [6, 6.07) is 3.88. The quantitative estimate of drug-likeness (QED) is 0.744. The zero-order chi connectivity index (χ0) is 19.8. The molecule has 27 heavy (non-hydrogen) atoms. The van der Waals surface area contributed by atoms with E-state index in [4.69, 9.17) is 12.2 Å². The van der Waals surface area contributed by atoms with Gasteiger partial charge in [-0.2, -0.15) is 14.1 Å². The molecular weight excluding hydrogens is 382 g/mol. The summed E-state index contributed by atoms with van der Waals surface area (Å²) in [6.45, 7) is 11.7. The SMILES string of the molecule is CCn1cnn(C[NH+]2CCN(S(=O)(=O)c3c(C)cc(C)cc3C)CC2)c1=S. The van der Waals surface area contributed by atoms with Crippen LogP contribution in [0, 0.1) is 25.5 Å². The highest BCUT2D eigenvalue weighted by atomic mass is 32.2. The highest BCUT2D eigenvalue weighted by molar-refractivity contribution is 7.89. The minimum atomic E-state index is -3.47. The monoisotopic (exact) mass is 410 g/mol. The van der Waals surface area contributed by atoms with Gasteiger partial charge in [0.2, 0.25) is 14.8 Å². The van der Waals surface area contributed by atoms with Gasteiger partial charge in [0.15, 0.2) is 6.67 Å². The van der Waals surface area contributed by atoms with Gasteiger partial charge in [-0.1, -0.05) is 17.7 Å². The molecule has 0 saturated carbocycles. The number of rotatable bonds is 5. The Morgan fingerprint density at radius 2 is 1.74 bits per heavy atom. The zero-order valence-electron chi connectivity index (χ0n) is 16.4. The van der Waals surface area contributed by atoms with E-state index >= 15 is 0 Å². The highest BCUT2D eigenvalue weighted by Crippen LogP contribution is 2.25. The first-order valence-electron chi connectivity index (χ1n) is 9.28. The molecule has 0 atom stereocenters. The van der Waals surface area contributed by atoms with E-state index in [1.165, 1.54) is 4.90 Å². The third-order valence-corrected chi connectivity index (χ3v) is 7.79. The van der Waals surface area contributed by atoms with Gasteiger partial charge >= 0.3 is 0 Å². The Labute approximate surface area is 166 Å². The van der Waals surface area contributed by atoms with Crippen LogP contribution in [0.5, 0.6) is 0 Å². The molecule has 2 heterocycles. The second-order valence-electron chi connectivity index (χ2n) is 7.24. The van der Waals surface area contributed by atoms with Crippen LogP contribution in [0.2, 0.25) is 0 Å². The molecule has 7 nitrogen and oxygen atoms in total. The number of nitrogens with zero attached hydrogens (tertiary/aromatic N) is 4. The Balaban J connectivity index is 1.71. The maximum Gasteiger partial charge on any atom is 0.244 e. The Morgan fingerprint density at radius 3 is 2.26 bits per heavy atom. The summed E-state index contributed by atoms with van der Waals surface area (Å²) in [5.74, 6) is 0. The average molecular weight is 411 g/mol. The number of quaternary nitrogens is 1. The number of hydrogen-bond donors (Lipinski definition) is 1. The molecule has 1 fully saturated rings. The number of sulfonamides is 1. The lowest BCUT2D eigenvalue weighted by atomic mass is 10.1. The number of aromatic nitrogens is 3. The molecule has 9 heteroatoms. The van der Waals surface area contributed by atoms with E-state index in [0.29, 0.717) is 29.4 Å². The third kappa shape index (κ3) is 4.01. The molecule has 3 rings (SSSR count). The van der Waals surface area contributed by atoms with Crippen LogP contribution in [0.4, 0.5) is 0 Å². The second kappa shape index (κ2) is 7.83. The fourth-order valence-electron chi connectivity index (χ4n) is 3.81. The molecule has 0 amide bonds. The first kappa shape index (κ1) is 20.2. The second-order valence-corrected chi connectivity index (χ2v) is 9.48. The molecule has 1 saturated heterocycles. The van der Waals surface area contributed by atoms with Crippen LogP contribution in [0.1, 0.15) is 23.6 Å². The Bertz CT molecular complexity index is 962. The van der Waals surface area contributed by atoms with Crippen molar-refractivity contribution in [2.24, 2.45) is 0 Å². The molecule has 1 aliphatic rings. The lowest BCUT2D eigenvalue weighted by molar-refractivity contribution is -0.926. The fourth-order valence-corrected chi connectivity index (χ4v) is 5.95. The smallest absolute Gasteiger partial charge is 0.244 e. The van der Waals surface area contributed by atoms with E-state index < -0.39 is 10.0 Å². The predicted octanol–water partition coefficient (Wildman–Crippen LogP) is 0.906. The van der Waals surface area contributed by atoms with Crippen LogP contribution in [0.25, 0.3) is 0 Å². The van der Waals surface area contributed by atoms with Crippen LogP contribution >= 0.6 is 12.2 Å². The first-order valence-corrected chi connectivity index (χ1v) is 11.1. The Hall–Kier alpha value is -1.55. The summed E-state index contributed by atoms with van der Waals surface area (Å²) in [6.07, 6.45) is 1.76. The van der Waals surface area contributed by atoms with E-state index in [9.17, 15) is 8.42 Å². The average Bonchev–Trinajstić information content (AvgIpc) is 2.94. The lowest BCUT2D eigenvalue weighted by Crippen LogP contribution is -3.14. The van der Waals surface area contributed by atoms with Crippen LogP contribution in [-0.2, 0) is 23.2 Å². The molecule has 148 valence electrons. The summed E-state index contributed by atoms with van der Waals surface area (Å²) in [5, 5.41) is 4.35. The number of nitrogens with one attached hydrogen (secondary N) is 1. The molecular formula is C18H28N5O2S2+. The molecule has 1 aromatic heterocycles. The first-order chi connectivity index (χ1) is 12.7. The van der Waals surface area contributed by atoms with Crippen molar-refractivity contribution in [3.05, 3.63) is 39.9 Å². The van der Waals surface area contributed by atoms with Crippen molar-refractivity contribution in [1.82, 2.24) is 18.7 Å². The van der Waals surface area contributed by atoms with Gasteiger partial charge in [-0.05, 0) is 51.0 Å². The summed E-state index contributed by atoms with van der Waals surface area (Å²) in [4.78, 5) is 1.75. The van der Waals surface area contributed by atoms with Crippen molar-refractivity contribution in [3.63, 3.8) is 0 Å². The largest absolute Gasteiger partial charge is 0.314 e. The number of benzene rings is 1. The standard InChI is InChI=1S/C18H27N5O2S2/c1-5-21-12-19-23(18(21)26)13-20-6-8-22(9-7-20)27(24,25)17-15(3)10-14(2)11-16(17)4/h10-12H,5-9,13H2,1-4H3/p+1. The van der Waals surface area contributed by atoms with Gasteiger partial charge in [-0.3, -0.25) is 0 Å². The summed E-state index contributed by atoms with van der Waals surface area (Å²) >= 11 is 5.42. The Kier molecular flexibility index (Phi) is 5.85. The fraction of sp³-hybridized carbons (Fsp3) is 0.556. The van der Waals surface area contributed by atoms with Gasteiger partial charge in [0, 0.05) is 6.54 Å². The van der Waals surface area contributed by atoms with Gasteiger partial charge in [0.05, 0.1) is 31.1 Å². The van der Waals surface area contributed by atoms with Crippen molar-refractivity contribution in [3.8, 4) is 0 Å². The molecule has 1 aromatic carbocycles. The van der Waals surface area contributed by atoms with Crippen molar-refractivity contribution in [2.75, 3.05) is 26.2 Å². The molecule has 0 unspecified atom stereocenters. The summed E-state index contributed by atoms with van der Waals surface area (Å²) in [7, 11) is -3.47. The minimum Gasteiger partial charge on any atom is -0.314 e. The zero-order valence-corrected chi connectivity index (χ0v) is 18.0. The van der Waals surface area contributed by atoms with Crippen LogP contribution in [0.15, 0.2) is 23.4 Å². The van der Waals surface area contributed by atoms with Crippen LogP contribution < -0.4 is 4.90 Å².